The van der Waals surface area contributed by atoms with Gasteiger partial charge in [0.2, 0.25) is 21.5 Å². The first kappa shape index (κ1) is 48.1. The smallest absolute Gasteiger partial charge is 0.427 e. The van der Waals surface area contributed by atoms with E-state index in [1.807, 2.05) is 39.0 Å². The van der Waals surface area contributed by atoms with Gasteiger partial charge in [-0.3, -0.25) is 14.3 Å². The molecular weight excluding hydrogens is 886 g/mol. The molecule has 6 atom stereocenters. The highest BCUT2D eigenvalue weighted by Crippen LogP contribution is 2.48. The molecule has 3 N–H and O–H groups in total. The second-order valence-corrected chi connectivity index (χ2v) is 21.0. The molecule has 1 saturated heterocycles. The summed E-state index contributed by atoms with van der Waals surface area (Å²) in [7, 11) is -4.11. The number of carbonyl (C=O) groups is 4. The average molecular weight is 943 g/mol. The monoisotopic (exact) mass is 942 g/mol. The Morgan fingerprint density at radius 3 is 2.38 bits per heavy atom. The molecule has 2 aliphatic heterocycles. The van der Waals surface area contributed by atoms with Crippen LogP contribution < -0.4 is 24.9 Å². The van der Waals surface area contributed by atoms with Gasteiger partial charge in [0.15, 0.2) is 5.82 Å². The molecule has 0 bridgehead atoms. The van der Waals surface area contributed by atoms with Gasteiger partial charge in [0.1, 0.15) is 29.2 Å². The Hall–Kier alpha value is -5.86. The third-order valence-corrected chi connectivity index (χ3v) is 14.7. The van der Waals surface area contributed by atoms with E-state index < -0.39 is 80.1 Å². The molecular formula is C45H57F3N8O9S. The van der Waals surface area contributed by atoms with Gasteiger partial charge in [-0.05, 0) is 116 Å². The Balaban J connectivity index is 1.24. The lowest BCUT2D eigenvalue weighted by atomic mass is 9.97. The first-order valence-electron chi connectivity index (χ1n) is 22.1. The molecule has 2 aromatic heterocycles. The van der Waals surface area contributed by atoms with E-state index in [1.54, 1.807) is 55.7 Å². The van der Waals surface area contributed by atoms with Crippen LogP contribution in [0.15, 0.2) is 67.0 Å². The summed E-state index contributed by atoms with van der Waals surface area (Å²) < 4.78 is 87.9. The molecule has 0 radical (unpaired) electrons. The van der Waals surface area contributed by atoms with E-state index in [4.69, 9.17) is 19.2 Å². The average Bonchev–Trinajstić information content (AvgIpc) is 3.98. The van der Waals surface area contributed by atoms with Crippen molar-refractivity contribution in [3.05, 3.63) is 67.0 Å². The van der Waals surface area contributed by atoms with E-state index in [2.05, 4.69) is 20.6 Å². The van der Waals surface area contributed by atoms with Crippen LogP contribution in [0.3, 0.4) is 0 Å². The van der Waals surface area contributed by atoms with E-state index in [0.717, 1.165) is 9.91 Å². The zero-order chi connectivity index (χ0) is 48.0. The topological polar surface area (TPSA) is 203 Å². The number of benzene rings is 1. The number of pyridine rings is 1. The minimum Gasteiger partial charge on any atom is -0.491 e. The summed E-state index contributed by atoms with van der Waals surface area (Å²) in [6.45, 7) is 9.97. The molecule has 66 heavy (non-hydrogen) atoms. The number of urea groups is 1. The Morgan fingerprint density at radius 2 is 1.74 bits per heavy atom. The molecule has 358 valence electrons. The number of ether oxygens (including phenoxy) is 3. The van der Waals surface area contributed by atoms with Gasteiger partial charge in [0, 0.05) is 42.4 Å². The molecule has 5 amide bonds. The highest BCUT2D eigenvalue weighted by molar-refractivity contribution is 7.91. The van der Waals surface area contributed by atoms with Crippen LogP contribution in [0.4, 0.5) is 22.8 Å². The Labute approximate surface area is 381 Å². The number of halogens is 3. The zero-order valence-electron chi connectivity index (χ0n) is 37.9. The highest BCUT2D eigenvalue weighted by atomic mass is 32.2. The second kappa shape index (κ2) is 18.1. The number of hydrogen-bond donors (Lipinski definition) is 3. The van der Waals surface area contributed by atoms with Crippen LogP contribution in [0.1, 0.15) is 93.4 Å². The summed E-state index contributed by atoms with van der Waals surface area (Å²) in [6, 6.07) is 9.12. The molecule has 2 saturated carbocycles. The number of hydrazine groups is 1. The number of rotatable bonds is 11. The van der Waals surface area contributed by atoms with Crippen LogP contribution >= 0.6 is 0 Å². The van der Waals surface area contributed by atoms with Crippen molar-refractivity contribution in [3.63, 3.8) is 0 Å². The van der Waals surface area contributed by atoms with Crippen LogP contribution in [0.2, 0.25) is 0 Å². The van der Waals surface area contributed by atoms with Crippen LogP contribution in [0.5, 0.6) is 11.5 Å². The SMILES string of the molecule is CC(C)Oc1ccc(-c2cc(O[C@@H]3C[C@H]4C(=O)N[C@]5(C(=O)NS(=O)(=O)C6(C)CC6)C[C@H]5/C=C\CC[C@@H](C)C[C@@H](C)N(NC(=O)OC(C)(C)C(F)(F)F)C(=O)N4C3)cc(-n3cccn3)n2)cc1. The van der Waals surface area contributed by atoms with E-state index in [1.165, 1.54) is 11.6 Å². The van der Waals surface area contributed by atoms with Crippen molar-refractivity contribution in [2.75, 3.05) is 6.54 Å². The predicted molar refractivity (Wildman–Crippen MR) is 234 cm³/mol. The molecule has 7 rings (SSSR count). The van der Waals surface area contributed by atoms with Crippen LogP contribution in [0, 0.1) is 11.8 Å². The van der Waals surface area contributed by atoms with E-state index in [-0.39, 0.29) is 43.6 Å². The maximum Gasteiger partial charge on any atom is 0.427 e. The van der Waals surface area contributed by atoms with E-state index in [9.17, 15) is 40.8 Å². The molecule has 3 fully saturated rings. The molecule has 3 aromatic rings. The minimum atomic E-state index is -4.95. The van der Waals surface area contributed by atoms with Gasteiger partial charge in [-0.25, -0.2) is 38.1 Å². The van der Waals surface area contributed by atoms with Crippen molar-refractivity contribution in [1.82, 2.24) is 40.1 Å². The van der Waals surface area contributed by atoms with Gasteiger partial charge in [0.05, 0.1) is 29.1 Å². The maximum atomic E-state index is 14.9. The van der Waals surface area contributed by atoms with Crippen molar-refractivity contribution in [2.24, 2.45) is 11.8 Å². The fourth-order valence-corrected chi connectivity index (χ4v) is 9.46. The predicted octanol–water partition coefficient (Wildman–Crippen LogP) is 6.59. The zero-order valence-corrected chi connectivity index (χ0v) is 38.7. The lowest BCUT2D eigenvalue weighted by molar-refractivity contribution is -0.244. The molecule has 0 spiro atoms. The second-order valence-electron chi connectivity index (χ2n) is 18.8. The van der Waals surface area contributed by atoms with Crippen molar-refractivity contribution < 1.29 is 55.0 Å². The minimum absolute atomic E-state index is 0.0472. The largest absolute Gasteiger partial charge is 0.491 e. The number of carbonyl (C=O) groups excluding carboxylic acids is 4. The first-order valence-corrected chi connectivity index (χ1v) is 23.6. The number of nitrogens with one attached hydrogen (secondary N) is 3. The lowest BCUT2D eigenvalue weighted by Crippen LogP contribution is -2.61. The standard InChI is InChI=1S/C45H57F3N8O9S/c1-27(2)63-32-15-13-30(14-16-32)35-22-33(24-37(50-35)55-20-10-19-49-55)64-34-23-36-38(57)51-44(39(58)53-66(61,62)43(7)17-18-43)25-31(44)12-9-8-11-28(3)21-29(4)56(41(60)54(36)26-34)52-40(59)65-42(5,6)45(46,47)48/h9-10,12-16,19-20,22,24,27-29,31,34,36H,8,11,17-18,21,23,25-26H2,1-7H3,(H,51,57)(H,52,59)(H,53,58)/b12-9-/t28-,29-,31-,34-,36+,44-/m1/s1. The van der Waals surface area contributed by atoms with Crippen LogP contribution in [0.25, 0.3) is 17.1 Å². The quantitative estimate of drug-likeness (QED) is 0.175. The van der Waals surface area contributed by atoms with E-state index >= 15 is 0 Å². The van der Waals surface area contributed by atoms with Gasteiger partial charge in [-0.1, -0.05) is 19.1 Å². The first-order chi connectivity index (χ1) is 30.9. The lowest BCUT2D eigenvalue weighted by Gasteiger charge is -2.36. The highest BCUT2D eigenvalue weighted by Gasteiger charge is 2.63. The summed E-state index contributed by atoms with van der Waals surface area (Å²) in [6.07, 6.45) is 1.44. The molecule has 4 aliphatic rings. The molecule has 0 unspecified atom stereocenters. The summed E-state index contributed by atoms with van der Waals surface area (Å²) in [5.74, 6) is -1.08. The fourth-order valence-electron chi connectivity index (χ4n) is 8.15. The Kier molecular flexibility index (Phi) is 13.2. The maximum absolute atomic E-state index is 14.9. The number of nitrogens with zero attached hydrogens (tertiary/aromatic N) is 5. The fraction of sp³-hybridized carbons (Fsp3) is 0.556. The van der Waals surface area contributed by atoms with Crippen molar-refractivity contribution in [2.45, 2.75) is 140 Å². The summed E-state index contributed by atoms with van der Waals surface area (Å²) >= 11 is 0. The number of alkyl halides is 3. The normalized spacial score (nSPS) is 26.2. The third kappa shape index (κ3) is 10.4. The van der Waals surface area contributed by atoms with Crippen LogP contribution in [-0.4, -0.2) is 110 Å². The van der Waals surface area contributed by atoms with Gasteiger partial charge in [0.25, 0.3) is 5.91 Å². The molecule has 17 nitrogen and oxygen atoms in total. The molecule has 4 heterocycles. The Morgan fingerprint density at radius 1 is 1.03 bits per heavy atom. The van der Waals surface area contributed by atoms with Gasteiger partial charge < -0.3 is 24.4 Å². The number of amides is 5. The van der Waals surface area contributed by atoms with Crippen LogP contribution in [-0.2, 0) is 24.3 Å². The number of hydrogen-bond acceptors (Lipinski definition) is 11. The number of sulfonamides is 1. The molecule has 21 heteroatoms. The van der Waals surface area contributed by atoms with Gasteiger partial charge >= 0.3 is 18.3 Å². The third-order valence-electron chi connectivity index (χ3n) is 12.6. The molecule has 1 aromatic carbocycles. The van der Waals surface area contributed by atoms with Crippen molar-refractivity contribution in [3.8, 4) is 28.6 Å². The number of fused-ring (bicyclic) bond motifs is 2. The summed E-state index contributed by atoms with van der Waals surface area (Å²) in [4.78, 5) is 62.8. The number of allylic oxidation sites excluding steroid dienone is 1. The number of aromatic nitrogens is 3. The van der Waals surface area contributed by atoms with E-state index in [0.29, 0.717) is 62.4 Å². The van der Waals surface area contributed by atoms with Crippen molar-refractivity contribution >= 4 is 34.0 Å². The molecule has 2 aliphatic carbocycles. The summed E-state index contributed by atoms with van der Waals surface area (Å²) in [5.41, 5.74) is -1.17. The summed E-state index contributed by atoms with van der Waals surface area (Å²) in [5, 5.41) is 7.99. The Bertz CT molecular complexity index is 2440. The van der Waals surface area contributed by atoms with Gasteiger partial charge in [-0.15, -0.1) is 0 Å². The van der Waals surface area contributed by atoms with Gasteiger partial charge in [-0.2, -0.15) is 18.3 Å². The van der Waals surface area contributed by atoms with Crippen molar-refractivity contribution in [1.29, 1.82) is 0 Å².